The molecule has 3 N–H and O–H groups in total. The van der Waals surface area contributed by atoms with E-state index in [0.717, 1.165) is 25.7 Å². The summed E-state index contributed by atoms with van der Waals surface area (Å²) in [5, 5.41) is 12.2. The molecule has 0 aliphatic heterocycles. The second-order valence-corrected chi connectivity index (χ2v) is 13.0. The van der Waals surface area contributed by atoms with Crippen LogP contribution in [0.15, 0.2) is 70.2 Å². The van der Waals surface area contributed by atoms with Crippen molar-refractivity contribution in [3.8, 4) is 0 Å². The number of amides is 1. The molecule has 218 valence electrons. The number of carboxylic acid groups (broad SMARTS) is 1. The molecule has 0 aliphatic carbocycles. The van der Waals surface area contributed by atoms with Crippen molar-refractivity contribution < 1.29 is 23.1 Å². The second-order valence-electron chi connectivity index (χ2n) is 10.2. The third-order valence-corrected chi connectivity index (χ3v) is 8.83. The van der Waals surface area contributed by atoms with Crippen molar-refractivity contribution >= 4 is 33.7 Å². The predicted molar refractivity (Wildman–Crippen MR) is 162 cm³/mol. The summed E-state index contributed by atoms with van der Waals surface area (Å²) in [7, 11) is -3.95. The van der Waals surface area contributed by atoms with Crippen LogP contribution in [0.4, 0.5) is 0 Å². The minimum Gasteiger partial charge on any atom is -0.480 e. The van der Waals surface area contributed by atoms with Crippen molar-refractivity contribution in [1.82, 2.24) is 10.0 Å². The van der Waals surface area contributed by atoms with Crippen LogP contribution in [-0.4, -0.2) is 49.0 Å². The number of rotatable bonds is 18. The molecular weight excluding hydrogens is 532 g/mol. The summed E-state index contributed by atoms with van der Waals surface area (Å²) in [6, 6.07) is 5.59. The van der Waals surface area contributed by atoms with Crippen LogP contribution < -0.4 is 10.0 Å². The topological polar surface area (TPSA) is 113 Å². The van der Waals surface area contributed by atoms with E-state index in [2.05, 4.69) is 56.0 Å². The summed E-state index contributed by atoms with van der Waals surface area (Å²) >= 11 is 1.42. The Labute approximate surface area is 239 Å². The van der Waals surface area contributed by atoms with E-state index in [4.69, 9.17) is 0 Å². The van der Waals surface area contributed by atoms with Gasteiger partial charge in [0.25, 0.3) is 0 Å². The molecule has 39 heavy (non-hydrogen) atoms. The fraction of sp³-hybridized carbons (Fsp3) is 0.533. The molecule has 3 atom stereocenters. The third-order valence-electron chi connectivity index (χ3n) is 6.40. The summed E-state index contributed by atoms with van der Waals surface area (Å²) in [6.45, 7) is 12.1. The first-order valence-electron chi connectivity index (χ1n) is 13.5. The molecule has 0 radical (unpaired) electrons. The maximum atomic E-state index is 13.0. The predicted octanol–water partition coefficient (Wildman–Crippen LogP) is 6.10. The van der Waals surface area contributed by atoms with E-state index in [-0.39, 0.29) is 16.6 Å². The number of aliphatic carboxylic acids is 1. The van der Waals surface area contributed by atoms with E-state index >= 15 is 0 Å². The van der Waals surface area contributed by atoms with Gasteiger partial charge in [-0.25, -0.2) is 13.2 Å². The SMILES string of the molecule is CC[C@H](C)[C@H](NS(=O)(=O)c1ccccc1)C(=O)N[C@@H](CSC/C=C(\C)CC/C=C(\C)CCC=C(C)C)C(=O)O. The van der Waals surface area contributed by atoms with E-state index in [1.807, 2.05) is 6.92 Å². The van der Waals surface area contributed by atoms with E-state index in [1.54, 1.807) is 25.1 Å². The summed E-state index contributed by atoms with van der Waals surface area (Å²) in [4.78, 5) is 25.0. The van der Waals surface area contributed by atoms with Crippen LogP contribution >= 0.6 is 11.8 Å². The Balaban J connectivity index is 2.66. The van der Waals surface area contributed by atoms with Gasteiger partial charge < -0.3 is 10.4 Å². The standard InChI is InChI=1S/C30H46N2O5S2/c1-7-25(6)28(32-39(36,37)26-17-9-8-10-18-26)29(33)31-27(30(34)35)21-38-20-19-24(5)16-12-15-23(4)14-11-13-22(2)3/h8-10,13,15,17-19,25,27-28,32H,7,11-12,14,16,20-21H2,1-6H3,(H,31,33)(H,34,35)/b23-15+,24-19+/t25-,27-,28-/m0/s1. The van der Waals surface area contributed by atoms with Crippen molar-refractivity contribution in [2.45, 2.75) is 90.6 Å². The van der Waals surface area contributed by atoms with Crippen molar-refractivity contribution in [3.05, 3.63) is 65.3 Å². The zero-order valence-corrected chi connectivity index (χ0v) is 25.8. The van der Waals surface area contributed by atoms with Gasteiger partial charge in [-0.3, -0.25) is 4.79 Å². The van der Waals surface area contributed by atoms with Gasteiger partial charge in [0.1, 0.15) is 12.1 Å². The summed E-state index contributed by atoms with van der Waals surface area (Å²) < 4.78 is 28.1. The molecular formula is C30H46N2O5S2. The van der Waals surface area contributed by atoms with Crippen LogP contribution in [0.3, 0.4) is 0 Å². The van der Waals surface area contributed by atoms with Crippen molar-refractivity contribution in [3.63, 3.8) is 0 Å². The number of thioether (sulfide) groups is 1. The first kappa shape index (κ1) is 34.7. The molecule has 7 nitrogen and oxygen atoms in total. The number of allylic oxidation sites excluding steroid dienone is 5. The van der Waals surface area contributed by atoms with Gasteiger partial charge in [0.2, 0.25) is 15.9 Å². The van der Waals surface area contributed by atoms with Crippen molar-refractivity contribution in [1.29, 1.82) is 0 Å². The number of hydrogen-bond acceptors (Lipinski definition) is 5. The van der Waals surface area contributed by atoms with Gasteiger partial charge in [0.05, 0.1) is 4.90 Å². The van der Waals surface area contributed by atoms with E-state index in [1.165, 1.54) is 40.6 Å². The quantitative estimate of drug-likeness (QED) is 0.143. The molecule has 0 bridgehead atoms. The van der Waals surface area contributed by atoms with Crippen molar-refractivity contribution in [2.24, 2.45) is 5.92 Å². The van der Waals surface area contributed by atoms with Gasteiger partial charge in [-0.15, -0.1) is 0 Å². The molecule has 0 aromatic heterocycles. The van der Waals surface area contributed by atoms with Crippen LogP contribution in [0.25, 0.3) is 0 Å². The number of carbonyl (C=O) groups excluding carboxylic acids is 1. The average Bonchev–Trinajstić information content (AvgIpc) is 2.88. The lowest BCUT2D eigenvalue weighted by molar-refractivity contribution is -0.141. The van der Waals surface area contributed by atoms with Crippen LogP contribution in [-0.2, 0) is 19.6 Å². The lowest BCUT2D eigenvalue weighted by Gasteiger charge is -2.25. The van der Waals surface area contributed by atoms with E-state index in [9.17, 15) is 23.1 Å². The molecule has 0 heterocycles. The lowest BCUT2D eigenvalue weighted by atomic mass is 9.99. The first-order valence-corrected chi connectivity index (χ1v) is 16.1. The summed E-state index contributed by atoms with van der Waals surface area (Å²) in [5.74, 6) is -1.33. The maximum Gasteiger partial charge on any atom is 0.327 e. The molecule has 0 aliphatic rings. The number of sulfonamides is 1. The number of carboxylic acids is 1. The largest absolute Gasteiger partial charge is 0.480 e. The van der Waals surface area contributed by atoms with Gasteiger partial charge in [-0.2, -0.15) is 16.5 Å². The van der Waals surface area contributed by atoms with Gasteiger partial charge >= 0.3 is 5.97 Å². The second kappa shape index (κ2) is 18.1. The highest BCUT2D eigenvalue weighted by molar-refractivity contribution is 7.99. The highest BCUT2D eigenvalue weighted by Crippen LogP contribution is 2.16. The molecule has 0 unspecified atom stereocenters. The molecule has 0 spiro atoms. The van der Waals surface area contributed by atoms with Crippen LogP contribution in [0.1, 0.15) is 73.6 Å². The average molecular weight is 579 g/mol. The Bertz CT molecular complexity index is 1110. The summed E-state index contributed by atoms with van der Waals surface area (Å²) in [5.41, 5.74) is 3.96. The molecule has 1 aromatic carbocycles. The fourth-order valence-electron chi connectivity index (χ4n) is 3.66. The molecule has 0 saturated carbocycles. The third kappa shape index (κ3) is 14.0. The fourth-order valence-corrected chi connectivity index (χ4v) is 5.99. The minimum atomic E-state index is -3.95. The normalized spacial score (nSPS) is 14.8. The van der Waals surface area contributed by atoms with Crippen LogP contribution in [0, 0.1) is 5.92 Å². The monoisotopic (exact) mass is 578 g/mol. The molecule has 0 saturated heterocycles. The Morgan fingerprint density at radius 3 is 2.13 bits per heavy atom. The highest BCUT2D eigenvalue weighted by atomic mass is 32.2. The Kier molecular flexibility index (Phi) is 16.1. The van der Waals surface area contributed by atoms with E-state index < -0.39 is 34.0 Å². The number of benzene rings is 1. The zero-order valence-electron chi connectivity index (χ0n) is 24.2. The number of hydrogen-bond donors (Lipinski definition) is 3. The zero-order chi connectivity index (χ0) is 29.4. The van der Waals surface area contributed by atoms with Crippen molar-refractivity contribution in [2.75, 3.05) is 11.5 Å². The van der Waals surface area contributed by atoms with Crippen LogP contribution in [0.5, 0.6) is 0 Å². The lowest BCUT2D eigenvalue weighted by Crippen LogP contribution is -2.54. The molecule has 0 fully saturated rings. The summed E-state index contributed by atoms with van der Waals surface area (Å²) in [6.07, 6.45) is 11.2. The smallest absolute Gasteiger partial charge is 0.327 e. The Hall–Kier alpha value is -2.36. The Morgan fingerprint density at radius 2 is 1.56 bits per heavy atom. The first-order chi connectivity index (χ1) is 18.4. The van der Waals surface area contributed by atoms with Gasteiger partial charge in [0.15, 0.2) is 0 Å². The number of carbonyl (C=O) groups is 2. The molecule has 1 rings (SSSR count). The molecule has 9 heteroatoms. The minimum absolute atomic E-state index is 0.0491. The van der Waals surface area contributed by atoms with Gasteiger partial charge in [0, 0.05) is 11.5 Å². The Morgan fingerprint density at radius 1 is 0.974 bits per heavy atom. The van der Waals surface area contributed by atoms with Gasteiger partial charge in [-0.1, -0.05) is 73.4 Å². The molecule has 1 amide bonds. The number of nitrogens with one attached hydrogen (secondary N) is 2. The van der Waals surface area contributed by atoms with Crippen LogP contribution in [0.2, 0.25) is 0 Å². The highest BCUT2D eigenvalue weighted by Gasteiger charge is 2.32. The van der Waals surface area contributed by atoms with E-state index in [0.29, 0.717) is 12.2 Å². The molecule has 1 aromatic rings. The van der Waals surface area contributed by atoms with Gasteiger partial charge in [-0.05, 0) is 71.4 Å². The maximum absolute atomic E-state index is 13.0.